The van der Waals surface area contributed by atoms with Crippen LogP contribution in [-0.4, -0.2) is 43.4 Å². The van der Waals surface area contributed by atoms with Crippen LogP contribution in [0.3, 0.4) is 0 Å². The molecule has 0 aliphatic carbocycles. The number of piperazine rings is 1. The molecule has 1 N–H and O–H groups in total. The first-order valence-electron chi connectivity index (χ1n) is 6.66. The van der Waals surface area contributed by atoms with Gasteiger partial charge < -0.3 is 5.32 Å². The lowest BCUT2D eigenvalue weighted by atomic mass is 10.2. The first kappa shape index (κ1) is 16.2. The van der Waals surface area contributed by atoms with Gasteiger partial charge in [0, 0.05) is 37.3 Å². The summed E-state index contributed by atoms with van der Waals surface area (Å²) in [6.07, 6.45) is 1.67. The third-order valence-corrected chi connectivity index (χ3v) is 5.48. The standard InChI is InChI=1S/C14H17N3O2S.ClH/c1-11-10-17(9-8-15-11)20(18,19)14-6-2-5-13-12(14)4-3-7-16-13;/h2-7,11,15H,8-10H2,1H3;1H/t11-;/m1./s1. The highest BCUT2D eigenvalue weighted by Gasteiger charge is 2.29. The predicted molar refractivity (Wildman–Crippen MR) is 85.2 cm³/mol. The number of nitrogens with zero attached hydrogens (tertiary/aromatic N) is 2. The number of rotatable bonds is 2. The molecule has 5 nitrogen and oxygen atoms in total. The molecule has 1 aliphatic heterocycles. The van der Waals surface area contributed by atoms with Crippen LogP contribution in [-0.2, 0) is 10.0 Å². The molecule has 0 amide bonds. The molecule has 1 aromatic heterocycles. The molecule has 0 saturated carbocycles. The number of nitrogens with one attached hydrogen (secondary N) is 1. The lowest BCUT2D eigenvalue weighted by Crippen LogP contribution is -2.51. The van der Waals surface area contributed by atoms with Gasteiger partial charge in [-0.1, -0.05) is 6.07 Å². The highest BCUT2D eigenvalue weighted by Crippen LogP contribution is 2.25. The van der Waals surface area contributed by atoms with Gasteiger partial charge in [-0.15, -0.1) is 12.4 Å². The minimum Gasteiger partial charge on any atom is -0.312 e. The van der Waals surface area contributed by atoms with Gasteiger partial charge in [0.05, 0.1) is 10.4 Å². The first-order chi connectivity index (χ1) is 9.59. The zero-order valence-corrected chi connectivity index (χ0v) is 13.3. The number of sulfonamides is 1. The highest BCUT2D eigenvalue weighted by molar-refractivity contribution is 7.89. The van der Waals surface area contributed by atoms with Gasteiger partial charge in [-0.05, 0) is 31.2 Å². The van der Waals surface area contributed by atoms with Crippen molar-refractivity contribution in [3.05, 3.63) is 36.5 Å². The number of fused-ring (bicyclic) bond motifs is 1. The molecular formula is C14H18ClN3O2S. The Kier molecular flexibility index (Phi) is 4.83. The lowest BCUT2D eigenvalue weighted by molar-refractivity contribution is 0.310. The molecule has 2 heterocycles. The minimum atomic E-state index is -3.47. The van der Waals surface area contributed by atoms with E-state index in [1.807, 2.05) is 13.0 Å². The van der Waals surface area contributed by atoms with E-state index in [1.54, 1.807) is 34.8 Å². The van der Waals surface area contributed by atoms with Crippen molar-refractivity contribution in [3.8, 4) is 0 Å². The van der Waals surface area contributed by atoms with Crippen LogP contribution in [0.25, 0.3) is 10.9 Å². The fourth-order valence-electron chi connectivity index (χ4n) is 2.55. The molecule has 1 saturated heterocycles. The molecule has 0 radical (unpaired) electrons. The summed E-state index contributed by atoms with van der Waals surface area (Å²) in [4.78, 5) is 4.56. The maximum atomic E-state index is 12.8. The van der Waals surface area contributed by atoms with Crippen molar-refractivity contribution in [2.24, 2.45) is 0 Å². The molecule has 114 valence electrons. The Bertz CT molecular complexity index is 731. The van der Waals surface area contributed by atoms with Crippen molar-refractivity contribution in [2.75, 3.05) is 19.6 Å². The van der Waals surface area contributed by atoms with Crippen molar-refractivity contribution in [1.82, 2.24) is 14.6 Å². The Hall–Kier alpha value is -1.21. The zero-order valence-electron chi connectivity index (χ0n) is 11.7. The van der Waals surface area contributed by atoms with Crippen LogP contribution in [0.4, 0.5) is 0 Å². The van der Waals surface area contributed by atoms with Gasteiger partial charge in [0.1, 0.15) is 0 Å². The van der Waals surface area contributed by atoms with Crippen LogP contribution in [0.5, 0.6) is 0 Å². The Morgan fingerprint density at radius 3 is 2.86 bits per heavy atom. The van der Waals surface area contributed by atoms with Gasteiger partial charge in [0.15, 0.2) is 0 Å². The van der Waals surface area contributed by atoms with Crippen LogP contribution in [0.1, 0.15) is 6.92 Å². The summed E-state index contributed by atoms with van der Waals surface area (Å²) in [6.45, 7) is 3.68. The van der Waals surface area contributed by atoms with Crippen LogP contribution >= 0.6 is 12.4 Å². The number of hydrogen-bond acceptors (Lipinski definition) is 4. The molecular weight excluding hydrogens is 310 g/mol. The average Bonchev–Trinajstić information content (AvgIpc) is 2.46. The van der Waals surface area contributed by atoms with E-state index in [1.165, 1.54) is 0 Å². The maximum Gasteiger partial charge on any atom is 0.243 e. The lowest BCUT2D eigenvalue weighted by Gasteiger charge is -2.31. The third-order valence-electron chi connectivity index (χ3n) is 3.56. The average molecular weight is 328 g/mol. The number of aromatic nitrogens is 1. The summed E-state index contributed by atoms with van der Waals surface area (Å²) in [5.41, 5.74) is 0.705. The first-order valence-corrected chi connectivity index (χ1v) is 8.10. The molecule has 0 bridgehead atoms. The van der Waals surface area contributed by atoms with E-state index < -0.39 is 10.0 Å². The SMILES string of the molecule is C[C@@H]1CN(S(=O)(=O)c2cccc3ncccc23)CCN1.Cl. The van der Waals surface area contributed by atoms with E-state index in [2.05, 4.69) is 10.3 Å². The number of hydrogen-bond donors (Lipinski definition) is 1. The van der Waals surface area contributed by atoms with Gasteiger partial charge in [0.25, 0.3) is 0 Å². The fraction of sp³-hybridized carbons (Fsp3) is 0.357. The quantitative estimate of drug-likeness (QED) is 0.911. The number of pyridine rings is 1. The molecule has 1 aliphatic rings. The fourth-order valence-corrected chi connectivity index (χ4v) is 4.29. The summed E-state index contributed by atoms with van der Waals surface area (Å²) in [5.74, 6) is 0. The molecule has 1 fully saturated rings. The molecule has 21 heavy (non-hydrogen) atoms. The van der Waals surface area contributed by atoms with Crippen LogP contribution in [0.15, 0.2) is 41.4 Å². The van der Waals surface area contributed by atoms with E-state index in [9.17, 15) is 8.42 Å². The molecule has 3 rings (SSSR count). The molecule has 0 unspecified atom stereocenters. The van der Waals surface area contributed by atoms with E-state index in [4.69, 9.17) is 0 Å². The summed E-state index contributed by atoms with van der Waals surface area (Å²) in [6, 6.07) is 8.98. The molecule has 2 aromatic rings. The van der Waals surface area contributed by atoms with Gasteiger partial charge >= 0.3 is 0 Å². The molecule has 7 heteroatoms. The Morgan fingerprint density at radius 2 is 2.10 bits per heavy atom. The van der Waals surface area contributed by atoms with E-state index in [0.29, 0.717) is 35.4 Å². The Morgan fingerprint density at radius 1 is 1.29 bits per heavy atom. The van der Waals surface area contributed by atoms with E-state index >= 15 is 0 Å². The van der Waals surface area contributed by atoms with E-state index in [-0.39, 0.29) is 18.4 Å². The molecule has 0 spiro atoms. The van der Waals surface area contributed by atoms with Gasteiger partial charge in [-0.3, -0.25) is 4.98 Å². The summed E-state index contributed by atoms with van der Waals surface area (Å²) < 4.78 is 27.2. The van der Waals surface area contributed by atoms with Gasteiger partial charge in [-0.25, -0.2) is 8.42 Å². The summed E-state index contributed by atoms with van der Waals surface area (Å²) in [5, 5.41) is 3.94. The zero-order chi connectivity index (χ0) is 14.2. The second-order valence-corrected chi connectivity index (χ2v) is 6.95. The Labute approximate surface area is 130 Å². The van der Waals surface area contributed by atoms with Crippen molar-refractivity contribution in [2.45, 2.75) is 17.9 Å². The molecule has 1 atom stereocenters. The van der Waals surface area contributed by atoms with Crippen LogP contribution < -0.4 is 5.32 Å². The van der Waals surface area contributed by atoms with Gasteiger partial charge in [-0.2, -0.15) is 4.31 Å². The van der Waals surface area contributed by atoms with Crippen LogP contribution in [0.2, 0.25) is 0 Å². The van der Waals surface area contributed by atoms with Crippen molar-refractivity contribution in [3.63, 3.8) is 0 Å². The van der Waals surface area contributed by atoms with Crippen LogP contribution in [0, 0.1) is 0 Å². The predicted octanol–water partition coefficient (Wildman–Crippen LogP) is 1.64. The monoisotopic (exact) mass is 327 g/mol. The van der Waals surface area contributed by atoms with Crippen molar-refractivity contribution >= 4 is 33.3 Å². The summed E-state index contributed by atoms with van der Waals surface area (Å²) in [7, 11) is -3.47. The minimum absolute atomic E-state index is 0. The van der Waals surface area contributed by atoms with Crippen molar-refractivity contribution < 1.29 is 8.42 Å². The Balaban J connectivity index is 0.00000161. The second kappa shape index (κ2) is 6.27. The largest absolute Gasteiger partial charge is 0.312 e. The molecule has 1 aromatic carbocycles. The maximum absolute atomic E-state index is 12.8. The number of benzene rings is 1. The second-order valence-electron chi connectivity index (χ2n) is 5.04. The third kappa shape index (κ3) is 3.03. The highest BCUT2D eigenvalue weighted by atomic mass is 35.5. The smallest absolute Gasteiger partial charge is 0.243 e. The van der Waals surface area contributed by atoms with Gasteiger partial charge in [0.2, 0.25) is 10.0 Å². The topological polar surface area (TPSA) is 62.3 Å². The van der Waals surface area contributed by atoms with Crippen molar-refractivity contribution in [1.29, 1.82) is 0 Å². The van der Waals surface area contributed by atoms with E-state index in [0.717, 1.165) is 0 Å². The normalized spacial score (nSPS) is 20.1. The summed E-state index contributed by atoms with van der Waals surface area (Å²) >= 11 is 0. The number of halogens is 1.